The van der Waals surface area contributed by atoms with E-state index in [2.05, 4.69) is 31.1 Å². The molecule has 1 saturated carbocycles. The lowest BCUT2D eigenvalue weighted by Gasteiger charge is -2.38. The number of tetrazole rings is 1. The maximum Gasteiger partial charge on any atom is 0.322 e. The second-order valence-electron chi connectivity index (χ2n) is 10.7. The van der Waals surface area contributed by atoms with Crippen LogP contribution in [0, 0.1) is 0 Å². The van der Waals surface area contributed by atoms with Crippen LogP contribution in [0.1, 0.15) is 55.8 Å². The number of halogens is 2. The predicted molar refractivity (Wildman–Crippen MR) is 149 cm³/mol. The molecule has 4 aromatic rings. The van der Waals surface area contributed by atoms with Crippen molar-refractivity contribution in [1.29, 1.82) is 0 Å². The van der Waals surface area contributed by atoms with Gasteiger partial charge in [0.15, 0.2) is 0 Å². The Balaban J connectivity index is 1.02. The fourth-order valence-electron chi connectivity index (χ4n) is 6.02. The Hall–Kier alpha value is -3.47. The predicted octanol–water partition coefficient (Wildman–Crippen LogP) is 6.45. The second kappa shape index (κ2) is 10.5. The molecule has 2 saturated heterocycles. The first-order valence-corrected chi connectivity index (χ1v) is 14.3. The molecule has 3 atom stereocenters. The number of carbonyl (C=O) groups is 1. The number of fused-ring (bicyclic) bond motifs is 2. The molecule has 2 bridgehead atoms. The zero-order chi connectivity index (χ0) is 27.2. The molecule has 3 aliphatic rings. The van der Waals surface area contributed by atoms with Gasteiger partial charge in [0.05, 0.1) is 22.8 Å². The van der Waals surface area contributed by atoms with Crippen LogP contribution in [-0.4, -0.2) is 54.9 Å². The van der Waals surface area contributed by atoms with Crippen molar-refractivity contribution in [2.24, 2.45) is 0 Å². The first-order valence-electron chi connectivity index (χ1n) is 13.5. The van der Waals surface area contributed by atoms with E-state index in [1.165, 1.54) is 0 Å². The summed E-state index contributed by atoms with van der Waals surface area (Å²) in [6.45, 7) is 0.370. The van der Waals surface area contributed by atoms with Crippen molar-refractivity contribution in [2.45, 2.75) is 69.2 Å². The van der Waals surface area contributed by atoms with E-state index in [-0.39, 0.29) is 24.2 Å². The van der Waals surface area contributed by atoms with Crippen LogP contribution in [0.15, 0.2) is 47.0 Å². The zero-order valence-electron chi connectivity index (χ0n) is 21.5. The third kappa shape index (κ3) is 4.84. The third-order valence-corrected chi connectivity index (χ3v) is 8.72. The molecular weight excluding hydrogens is 553 g/mol. The first-order chi connectivity index (χ1) is 19.5. The van der Waals surface area contributed by atoms with Crippen LogP contribution >= 0.6 is 23.2 Å². The lowest BCUT2D eigenvalue weighted by Crippen LogP contribution is -2.50. The minimum atomic E-state index is -0.0797. The Labute approximate surface area is 240 Å². The van der Waals surface area contributed by atoms with Gasteiger partial charge < -0.3 is 19.5 Å². The SMILES string of the molecule is O=C(Nc1ccc(-c2nn[nH]n2)cc1)N1C2CC[C@H]1CC(OCc1c(-c3c(Cl)cccc3Cl)noc1C1CC1)C2. The summed E-state index contributed by atoms with van der Waals surface area (Å²) < 4.78 is 12.3. The number of ether oxygens (including phenoxy) is 1. The maximum atomic E-state index is 13.3. The molecule has 4 heterocycles. The topological polar surface area (TPSA) is 122 Å². The Bertz CT molecular complexity index is 1490. The normalized spacial score (nSPS) is 22.1. The molecule has 206 valence electrons. The molecule has 2 unspecified atom stereocenters. The molecule has 12 heteroatoms. The van der Waals surface area contributed by atoms with Gasteiger partial charge >= 0.3 is 6.03 Å². The summed E-state index contributed by atoms with van der Waals surface area (Å²) >= 11 is 13.0. The number of aromatic nitrogens is 5. The highest BCUT2D eigenvalue weighted by atomic mass is 35.5. The molecule has 40 heavy (non-hydrogen) atoms. The highest BCUT2D eigenvalue weighted by Gasteiger charge is 2.44. The number of piperidine rings is 1. The Morgan fingerprint density at radius 2 is 1.77 bits per heavy atom. The number of aromatic amines is 1. The number of rotatable bonds is 7. The lowest BCUT2D eigenvalue weighted by molar-refractivity contribution is -0.0158. The molecule has 7 rings (SSSR count). The zero-order valence-corrected chi connectivity index (χ0v) is 23.0. The molecule has 2 amide bonds. The Morgan fingerprint density at radius 1 is 1.05 bits per heavy atom. The van der Waals surface area contributed by atoms with Crippen LogP contribution in [0.2, 0.25) is 10.0 Å². The molecule has 3 fully saturated rings. The van der Waals surface area contributed by atoms with E-state index < -0.39 is 0 Å². The van der Waals surface area contributed by atoms with E-state index in [0.717, 1.165) is 61.1 Å². The van der Waals surface area contributed by atoms with Crippen molar-refractivity contribution in [3.8, 4) is 22.6 Å². The van der Waals surface area contributed by atoms with Crippen LogP contribution in [0.4, 0.5) is 10.5 Å². The van der Waals surface area contributed by atoms with Crippen LogP contribution in [0.5, 0.6) is 0 Å². The van der Waals surface area contributed by atoms with E-state index in [4.69, 9.17) is 32.5 Å². The van der Waals surface area contributed by atoms with E-state index in [9.17, 15) is 4.79 Å². The van der Waals surface area contributed by atoms with E-state index in [1.54, 1.807) is 12.1 Å². The van der Waals surface area contributed by atoms with Gasteiger partial charge in [-0.2, -0.15) is 5.21 Å². The van der Waals surface area contributed by atoms with Gasteiger partial charge in [0.2, 0.25) is 5.82 Å². The molecule has 2 aromatic carbocycles. The summed E-state index contributed by atoms with van der Waals surface area (Å²) in [5.41, 5.74) is 3.80. The van der Waals surface area contributed by atoms with Crippen LogP contribution in [0.3, 0.4) is 0 Å². The lowest BCUT2D eigenvalue weighted by atomic mass is 9.99. The van der Waals surface area contributed by atoms with E-state index >= 15 is 0 Å². The first kappa shape index (κ1) is 25.5. The molecule has 10 nitrogen and oxygen atoms in total. The smallest absolute Gasteiger partial charge is 0.322 e. The summed E-state index contributed by atoms with van der Waals surface area (Å²) in [6.07, 6.45) is 5.70. The Morgan fingerprint density at radius 3 is 2.42 bits per heavy atom. The van der Waals surface area contributed by atoms with Gasteiger partial charge in [-0.25, -0.2) is 4.79 Å². The molecule has 0 spiro atoms. The van der Waals surface area contributed by atoms with Crippen molar-refractivity contribution in [1.82, 2.24) is 30.7 Å². The van der Waals surface area contributed by atoms with Crippen molar-refractivity contribution in [3.63, 3.8) is 0 Å². The minimum absolute atomic E-state index is 0.0345. The fraction of sp³-hybridized carbons (Fsp3) is 0.393. The number of carbonyl (C=O) groups excluding carboxylic acids is 1. The van der Waals surface area contributed by atoms with Crippen molar-refractivity contribution < 1.29 is 14.1 Å². The second-order valence-corrected chi connectivity index (χ2v) is 11.5. The van der Waals surface area contributed by atoms with Gasteiger partial charge in [-0.15, -0.1) is 10.2 Å². The highest BCUT2D eigenvalue weighted by molar-refractivity contribution is 6.39. The molecule has 2 aliphatic heterocycles. The largest absolute Gasteiger partial charge is 0.373 e. The fourth-order valence-corrected chi connectivity index (χ4v) is 6.60. The van der Waals surface area contributed by atoms with Crippen molar-refractivity contribution in [2.75, 3.05) is 5.32 Å². The number of benzene rings is 2. The molecule has 1 aliphatic carbocycles. The van der Waals surface area contributed by atoms with Gasteiger partial charge in [-0.3, -0.25) is 0 Å². The average Bonchev–Trinajstić information content (AvgIpc) is 3.35. The average molecular weight is 580 g/mol. The van der Waals surface area contributed by atoms with Crippen molar-refractivity contribution in [3.05, 3.63) is 63.8 Å². The van der Waals surface area contributed by atoms with Crippen molar-refractivity contribution >= 4 is 34.9 Å². The third-order valence-electron chi connectivity index (χ3n) is 8.09. The van der Waals surface area contributed by atoms with E-state index in [0.29, 0.717) is 39.7 Å². The number of nitrogens with zero attached hydrogens (tertiary/aromatic N) is 5. The van der Waals surface area contributed by atoms with Crippen LogP contribution in [-0.2, 0) is 11.3 Å². The molecule has 2 aromatic heterocycles. The maximum absolute atomic E-state index is 13.3. The number of hydrogen-bond donors (Lipinski definition) is 2. The summed E-state index contributed by atoms with van der Waals surface area (Å²) in [5.74, 6) is 1.75. The number of anilines is 1. The number of hydrogen-bond acceptors (Lipinski definition) is 7. The van der Waals surface area contributed by atoms with Gasteiger partial charge in [0, 0.05) is 40.4 Å². The standard InChI is InChI=1S/C28H27Cl2N7O3/c29-22-2-1-3-23(30)24(22)25-21(26(40-34-25)15-4-5-15)14-39-20-12-18-10-11-19(13-20)37(18)28(38)31-17-8-6-16(7-9-17)27-32-35-36-33-27/h1-3,6-9,15,18-20H,4-5,10-14H2,(H,31,38)(H,32,33,35,36)/t18-,19?,20?/m0/s1. The molecule has 0 radical (unpaired) electrons. The van der Waals surface area contributed by atoms with E-state index in [1.807, 2.05) is 35.2 Å². The van der Waals surface area contributed by atoms with Gasteiger partial charge in [0.25, 0.3) is 0 Å². The van der Waals surface area contributed by atoms with Gasteiger partial charge in [-0.1, -0.05) is 34.4 Å². The van der Waals surface area contributed by atoms with Gasteiger partial charge in [-0.05, 0) is 80.1 Å². The highest BCUT2D eigenvalue weighted by Crippen LogP contribution is 2.46. The van der Waals surface area contributed by atoms with Crippen LogP contribution in [0.25, 0.3) is 22.6 Å². The monoisotopic (exact) mass is 579 g/mol. The Kier molecular flexibility index (Phi) is 6.69. The summed E-state index contributed by atoms with van der Waals surface area (Å²) in [6, 6.07) is 13.0. The molecular formula is C28H27Cl2N7O3. The number of H-pyrrole nitrogens is 1. The summed E-state index contributed by atoms with van der Waals surface area (Å²) in [5, 5.41) is 22.5. The minimum Gasteiger partial charge on any atom is -0.373 e. The number of amides is 2. The number of nitrogens with one attached hydrogen (secondary N) is 2. The summed E-state index contributed by atoms with van der Waals surface area (Å²) in [4.78, 5) is 15.3. The van der Waals surface area contributed by atoms with Crippen LogP contribution < -0.4 is 5.32 Å². The summed E-state index contributed by atoms with van der Waals surface area (Å²) in [7, 11) is 0. The quantitative estimate of drug-likeness (QED) is 0.258. The molecule has 2 N–H and O–H groups in total. The number of urea groups is 1. The van der Waals surface area contributed by atoms with Gasteiger partial charge in [0.1, 0.15) is 11.5 Å².